The molecule has 0 radical (unpaired) electrons. The SMILES string of the molecule is NC(Cc1ccccc1)C(O)(P(=O)(O)O)P(=O)(O)O. The molecule has 1 aromatic rings. The topological polar surface area (TPSA) is 161 Å². The van der Waals surface area contributed by atoms with Crippen molar-refractivity contribution < 1.29 is 33.8 Å². The first-order valence-electron chi connectivity index (χ1n) is 5.13. The van der Waals surface area contributed by atoms with Gasteiger partial charge in [-0.1, -0.05) is 30.3 Å². The highest BCUT2D eigenvalue weighted by atomic mass is 31.2. The second-order valence-electron chi connectivity index (χ2n) is 4.07. The molecule has 19 heavy (non-hydrogen) atoms. The second kappa shape index (κ2) is 5.44. The summed E-state index contributed by atoms with van der Waals surface area (Å²) in [7, 11) is -11.1. The molecule has 7 N–H and O–H groups in total. The van der Waals surface area contributed by atoms with Crippen molar-refractivity contribution in [1.82, 2.24) is 0 Å². The van der Waals surface area contributed by atoms with E-state index in [9.17, 15) is 14.2 Å². The lowest BCUT2D eigenvalue weighted by atomic mass is 10.1. The molecule has 0 amide bonds. The van der Waals surface area contributed by atoms with Gasteiger partial charge in [-0.15, -0.1) is 0 Å². The van der Waals surface area contributed by atoms with Crippen LogP contribution in [0, 0.1) is 0 Å². The monoisotopic (exact) mass is 311 g/mol. The third kappa shape index (κ3) is 3.31. The fraction of sp³-hybridized carbons (Fsp3) is 0.333. The molecule has 0 heterocycles. The Kier molecular flexibility index (Phi) is 4.72. The van der Waals surface area contributed by atoms with Crippen molar-refractivity contribution in [1.29, 1.82) is 0 Å². The van der Waals surface area contributed by atoms with Crippen LogP contribution in [0.25, 0.3) is 0 Å². The minimum Gasteiger partial charge on any atom is -0.366 e. The molecule has 0 aliphatic heterocycles. The van der Waals surface area contributed by atoms with Crippen LogP contribution < -0.4 is 5.73 Å². The van der Waals surface area contributed by atoms with Gasteiger partial charge in [0.2, 0.25) is 0 Å². The molecule has 1 atom stereocenters. The highest BCUT2D eigenvalue weighted by molar-refractivity contribution is 7.72. The molecule has 0 aromatic heterocycles. The van der Waals surface area contributed by atoms with Crippen molar-refractivity contribution in [2.75, 3.05) is 0 Å². The number of nitrogens with two attached hydrogens (primary N) is 1. The summed E-state index contributed by atoms with van der Waals surface area (Å²) in [5, 5.41) is 6.16. The van der Waals surface area contributed by atoms with Crippen molar-refractivity contribution in [3.63, 3.8) is 0 Å². The third-order valence-corrected chi connectivity index (χ3v) is 6.59. The van der Waals surface area contributed by atoms with Gasteiger partial charge in [0, 0.05) is 0 Å². The number of hydrogen-bond acceptors (Lipinski definition) is 4. The van der Waals surface area contributed by atoms with Crippen molar-refractivity contribution >= 4 is 15.2 Å². The fourth-order valence-corrected chi connectivity index (χ4v) is 4.01. The highest BCUT2D eigenvalue weighted by Crippen LogP contribution is 2.68. The number of benzene rings is 1. The summed E-state index contributed by atoms with van der Waals surface area (Å²) in [6.45, 7) is 0. The zero-order valence-corrected chi connectivity index (χ0v) is 11.5. The first kappa shape index (κ1) is 16.5. The zero-order chi connectivity index (χ0) is 14.9. The van der Waals surface area contributed by atoms with E-state index in [0.717, 1.165) is 0 Å². The maximum absolute atomic E-state index is 11.2. The van der Waals surface area contributed by atoms with E-state index in [0.29, 0.717) is 5.56 Å². The van der Waals surface area contributed by atoms with Crippen molar-refractivity contribution in [3.8, 4) is 0 Å². The van der Waals surface area contributed by atoms with Gasteiger partial charge in [0.1, 0.15) is 0 Å². The first-order valence-corrected chi connectivity index (χ1v) is 8.36. The van der Waals surface area contributed by atoms with E-state index >= 15 is 0 Å². The van der Waals surface area contributed by atoms with Crippen LogP contribution >= 0.6 is 15.2 Å². The van der Waals surface area contributed by atoms with Crippen molar-refractivity contribution in [2.45, 2.75) is 17.5 Å². The quantitative estimate of drug-likeness (QED) is 0.399. The van der Waals surface area contributed by atoms with E-state index in [4.69, 9.17) is 25.3 Å². The van der Waals surface area contributed by atoms with E-state index in [1.54, 1.807) is 30.3 Å². The van der Waals surface area contributed by atoms with Crippen LogP contribution in [0.5, 0.6) is 0 Å². The van der Waals surface area contributed by atoms with Crippen molar-refractivity contribution in [3.05, 3.63) is 35.9 Å². The molecule has 10 heteroatoms. The van der Waals surface area contributed by atoms with E-state index in [1.165, 1.54) is 0 Å². The maximum atomic E-state index is 11.2. The van der Waals surface area contributed by atoms with E-state index in [2.05, 4.69) is 0 Å². The molecule has 0 spiro atoms. The highest BCUT2D eigenvalue weighted by Gasteiger charge is 2.63. The Labute approximate surface area is 109 Å². The molecule has 1 aromatic carbocycles. The lowest BCUT2D eigenvalue weighted by Crippen LogP contribution is -2.48. The molecule has 0 aliphatic carbocycles. The minimum absolute atomic E-state index is 0.298. The Bertz CT molecular complexity index is 501. The predicted octanol–water partition coefficient (Wildman–Crippen LogP) is -0.442. The lowest BCUT2D eigenvalue weighted by Gasteiger charge is -2.34. The van der Waals surface area contributed by atoms with Crippen LogP contribution in [0.2, 0.25) is 0 Å². The standard InChI is InChI=1S/C9H15NO7P2/c10-8(6-7-4-2-1-3-5-7)9(11,18(12,13)14)19(15,16)17/h1-5,8,11H,6,10H2,(H2,12,13,14)(H2,15,16,17). The molecule has 0 saturated carbocycles. The summed E-state index contributed by atoms with van der Waals surface area (Å²) in [6.07, 6.45) is -0.298. The van der Waals surface area contributed by atoms with Gasteiger partial charge in [0.15, 0.2) is 0 Å². The molecular weight excluding hydrogens is 296 g/mol. The molecule has 8 nitrogen and oxygen atoms in total. The largest absolute Gasteiger partial charge is 0.371 e. The second-order valence-corrected chi connectivity index (χ2v) is 7.96. The molecule has 0 aliphatic rings. The summed E-state index contributed by atoms with van der Waals surface area (Å²) >= 11 is 0. The normalized spacial score (nSPS) is 15.3. The van der Waals surface area contributed by atoms with Crippen LogP contribution in [-0.4, -0.2) is 35.8 Å². The average Bonchev–Trinajstić information content (AvgIpc) is 2.26. The number of aliphatic hydroxyl groups is 1. The minimum atomic E-state index is -5.53. The maximum Gasteiger partial charge on any atom is 0.371 e. The number of rotatable bonds is 5. The predicted molar refractivity (Wildman–Crippen MR) is 67.2 cm³/mol. The van der Waals surface area contributed by atoms with Gasteiger partial charge < -0.3 is 30.4 Å². The Morgan fingerprint density at radius 2 is 1.47 bits per heavy atom. The van der Waals surface area contributed by atoms with Crippen LogP contribution in [0.4, 0.5) is 0 Å². The van der Waals surface area contributed by atoms with Gasteiger partial charge in [0.25, 0.3) is 5.08 Å². The summed E-state index contributed by atoms with van der Waals surface area (Å²) in [5.74, 6) is 0. The van der Waals surface area contributed by atoms with Gasteiger partial charge in [-0.2, -0.15) is 0 Å². The van der Waals surface area contributed by atoms with Gasteiger partial charge in [-0.3, -0.25) is 9.13 Å². The fourth-order valence-electron chi connectivity index (χ4n) is 1.61. The first-order chi connectivity index (χ1) is 8.50. The summed E-state index contributed by atoms with van der Waals surface area (Å²) in [6, 6.07) is 6.22. The lowest BCUT2D eigenvalue weighted by molar-refractivity contribution is 0.107. The third-order valence-electron chi connectivity index (χ3n) is 2.65. The van der Waals surface area contributed by atoms with E-state index in [1.807, 2.05) is 0 Å². The van der Waals surface area contributed by atoms with Crippen LogP contribution in [0.15, 0.2) is 30.3 Å². The number of hydrogen-bond donors (Lipinski definition) is 6. The zero-order valence-electron chi connectivity index (χ0n) is 9.70. The van der Waals surface area contributed by atoms with Crippen LogP contribution in [0.3, 0.4) is 0 Å². The molecule has 108 valence electrons. The van der Waals surface area contributed by atoms with Gasteiger partial charge in [-0.25, -0.2) is 0 Å². The molecular formula is C9H15NO7P2. The summed E-state index contributed by atoms with van der Waals surface area (Å²) < 4.78 is 22.4. The Morgan fingerprint density at radius 3 is 1.84 bits per heavy atom. The van der Waals surface area contributed by atoms with E-state index in [-0.39, 0.29) is 6.42 Å². The molecule has 1 unspecified atom stereocenters. The van der Waals surface area contributed by atoms with Gasteiger partial charge >= 0.3 is 15.2 Å². The Balaban J connectivity index is 3.15. The van der Waals surface area contributed by atoms with Crippen LogP contribution in [-0.2, 0) is 15.6 Å². The van der Waals surface area contributed by atoms with Gasteiger partial charge in [0.05, 0.1) is 6.04 Å². The summed E-state index contributed by atoms with van der Waals surface area (Å²) in [4.78, 5) is 36.0. The van der Waals surface area contributed by atoms with Crippen LogP contribution in [0.1, 0.15) is 5.56 Å². The molecule has 0 fully saturated rings. The molecule has 1 rings (SSSR count). The average molecular weight is 311 g/mol. The smallest absolute Gasteiger partial charge is 0.366 e. The molecule has 0 bridgehead atoms. The Hall–Kier alpha value is -0.560. The summed E-state index contributed by atoms with van der Waals surface area (Å²) in [5.41, 5.74) is 5.90. The van der Waals surface area contributed by atoms with Gasteiger partial charge in [-0.05, 0) is 12.0 Å². The van der Waals surface area contributed by atoms with E-state index < -0.39 is 26.3 Å². The van der Waals surface area contributed by atoms with Crippen molar-refractivity contribution in [2.24, 2.45) is 5.73 Å². The molecule has 0 saturated heterocycles. The Morgan fingerprint density at radius 1 is 1.05 bits per heavy atom.